The highest BCUT2D eigenvalue weighted by molar-refractivity contribution is 6.30. The fraction of sp³-hybridized carbons (Fsp3) is 0.296. The second-order valence-corrected chi connectivity index (χ2v) is 8.81. The molecule has 36 heavy (non-hydrogen) atoms. The van der Waals surface area contributed by atoms with Crippen molar-refractivity contribution in [3.05, 3.63) is 94.1 Å². The lowest BCUT2D eigenvalue weighted by molar-refractivity contribution is 0.100. The summed E-state index contributed by atoms with van der Waals surface area (Å²) < 4.78 is 5.50. The zero-order valence-corrected chi connectivity index (χ0v) is 20.3. The third-order valence-electron chi connectivity index (χ3n) is 6.28. The average Bonchev–Trinajstić information content (AvgIpc) is 2.93. The molecule has 0 saturated carbocycles. The van der Waals surface area contributed by atoms with Crippen molar-refractivity contribution in [2.45, 2.75) is 12.1 Å². The number of halogens is 1. The molecule has 4 rings (SSSR count). The molecule has 3 aromatic rings. The predicted molar refractivity (Wildman–Crippen MR) is 137 cm³/mol. The third kappa shape index (κ3) is 5.59. The lowest BCUT2D eigenvalue weighted by Gasteiger charge is -2.45. The van der Waals surface area contributed by atoms with E-state index in [-0.39, 0.29) is 31.9 Å². The van der Waals surface area contributed by atoms with Gasteiger partial charge in [-0.15, -0.1) is 0 Å². The highest BCUT2D eigenvalue weighted by Gasteiger charge is 2.34. The second kappa shape index (κ2) is 11.9. The largest absolute Gasteiger partial charge is 0.491 e. The van der Waals surface area contributed by atoms with E-state index in [1.807, 2.05) is 30.3 Å². The first-order valence-corrected chi connectivity index (χ1v) is 11.9. The van der Waals surface area contributed by atoms with Crippen LogP contribution in [0.5, 0.6) is 5.75 Å². The Hall–Kier alpha value is -3.66. The first-order valence-electron chi connectivity index (χ1n) is 11.6. The number of nitriles is 1. The summed E-state index contributed by atoms with van der Waals surface area (Å²) in [6.07, 6.45) is 1.53. The lowest BCUT2D eigenvalue weighted by Crippen LogP contribution is -2.50. The molecule has 1 aromatic heterocycles. The fourth-order valence-corrected chi connectivity index (χ4v) is 4.64. The quantitative estimate of drug-likeness (QED) is 0.446. The van der Waals surface area contributed by atoms with Crippen molar-refractivity contribution in [1.82, 2.24) is 9.88 Å². The van der Waals surface area contributed by atoms with Crippen LogP contribution in [0, 0.1) is 17.9 Å². The first-order chi connectivity index (χ1) is 17.6. The van der Waals surface area contributed by atoms with Crippen molar-refractivity contribution in [1.29, 1.82) is 5.26 Å². The van der Waals surface area contributed by atoms with Gasteiger partial charge in [-0.05, 0) is 42.0 Å². The summed E-state index contributed by atoms with van der Waals surface area (Å²) in [4.78, 5) is 12.2. The molecule has 2 heterocycles. The van der Waals surface area contributed by atoms with Crippen molar-refractivity contribution in [3.8, 4) is 11.8 Å². The van der Waals surface area contributed by atoms with Gasteiger partial charge in [-0.1, -0.05) is 29.8 Å². The number of aliphatic hydroxyl groups is 2. The highest BCUT2D eigenvalue weighted by atomic mass is 35.5. The van der Waals surface area contributed by atoms with Gasteiger partial charge in [-0.2, -0.15) is 5.26 Å². The Labute approximate surface area is 215 Å². The molecule has 1 fully saturated rings. The van der Waals surface area contributed by atoms with E-state index in [0.717, 1.165) is 11.3 Å². The van der Waals surface area contributed by atoms with Crippen LogP contribution in [0.1, 0.15) is 28.9 Å². The maximum Gasteiger partial charge on any atom is 0.205 e. The Balaban J connectivity index is 1.67. The average molecular weight is 504 g/mol. The van der Waals surface area contributed by atoms with Crippen LogP contribution < -0.4 is 9.64 Å². The molecule has 184 valence electrons. The van der Waals surface area contributed by atoms with E-state index in [2.05, 4.69) is 25.7 Å². The zero-order chi connectivity index (χ0) is 25.5. The minimum atomic E-state index is -0.327. The second-order valence-electron chi connectivity index (χ2n) is 8.37. The number of anilines is 1. The van der Waals surface area contributed by atoms with Gasteiger partial charge >= 0.3 is 0 Å². The maximum atomic E-state index is 10.3. The standard InChI is InChI=1S/C27H26ClN5O3/c1-30-22-6-8-24(31-16-22)27(18-35)32-10-11-33(26(17-32)19-2-4-21(28)5-3-19)25-9-7-23(36-13-12-34)14-20(25)15-29/h2-9,14,16,26-27,34-35H,10-13,17-18H2/t26-,27-/m0/s1. The van der Waals surface area contributed by atoms with E-state index in [1.165, 1.54) is 6.20 Å². The van der Waals surface area contributed by atoms with Gasteiger partial charge in [0.15, 0.2) is 0 Å². The topological polar surface area (TPSA) is 97.2 Å². The first kappa shape index (κ1) is 25.4. The van der Waals surface area contributed by atoms with Crippen molar-refractivity contribution in [3.63, 3.8) is 0 Å². The zero-order valence-electron chi connectivity index (χ0n) is 19.6. The normalized spacial score (nSPS) is 16.7. The maximum absolute atomic E-state index is 10.3. The van der Waals surface area contributed by atoms with Crippen LogP contribution in [0.25, 0.3) is 4.85 Å². The van der Waals surface area contributed by atoms with Crippen LogP contribution in [0.3, 0.4) is 0 Å². The van der Waals surface area contributed by atoms with Gasteiger partial charge in [0.05, 0.1) is 48.8 Å². The van der Waals surface area contributed by atoms with Gasteiger partial charge < -0.3 is 19.8 Å². The van der Waals surface area contributed by atoms with Gasteiger partial charge in [-0.25, -0.2) is 4.85 Å². The third-order valence-corrected chi connectivity index (χ3v) is 6.53. The number of rotatable bonds is 8. The summed E-state index contributed by atoms with van der Waals surface area (Å²) in [5.41, 5.74) is 3.45. The van der Waals surface area contributed by atoms with Gasteiger partial charge in [0.2, 0.25) is 5.69 Å². The Morgan fingerprint density at radius 1 is 1.17 bits per heavy atom. The van der Waals surface area contributed by atoms with E-state index in [1.54, 1.807) is 24.3 Å². The number of piperazine rings is 1. The molecule has 0 radical (unpaired) electrons. The Morgan fingerprint density at radius 3 is 2.61 bits per heavy atom. The van der Waals surface area contributed by atoms with Gasteiger partial charge in [0.1, 0.15) is 18.4 Å². The predicted octanol–water partition coefficient (Wildman–Crippen LogP) is 4.13. The fourth-order valence-electron chi connectivity index (χ4n) is 4.51. The Bertz CT molecular complexity index is 1250. The molecule has 2 aromatic carbocycles. The van der Waals surface area contributed by atoms with E-state index < -0.39 is 0 Å². The summed E-state index contributed by atoms with van der Waals surface area (Å²) in [6.45, 7) is 8.91. The molecule has 1 saturated heterocycles. The number of ether oxygens (including phenoxy) is 1. The molecule has 0 unspecified atom stereocenters. The Kier molecular flexibility index (Phi) is 8.37. The van der Waals surface area contributed by atoms with E-state index >= 15 is 0 Å². The molecule has 0 aliphatic carbocycles. The van der Waals surface area contributed by atoms with E-state index in [0.29, 0.717) is 47.4 Å². The van der Waals surface area contributed by atoms with Crippen LogP contribution in [-0.4, -0.2) is 59.6 Å². The number of benzene rings is 2. The van der Waals surface area contributed by atoms with Gasteiger partial charge in [-0.3, -0.25) is 9.88 Å². The van der Waals surface area contributed by atoms with Gasteiger partial charge in [0, 0.05) is 30.9 Å². The molecule has 1 aliphatic heterocycles. The number of nitrogens with zero attached hydrogens (tertiary/aromatic N) is 5. The van der Waals surface area contributed by atoms with Crippen LogP contribution in [0.4, 0.5) is 11.4 Å². The summed E-state index contributed by atoms with van der Waals surface area (Å²) >= 11 is 6.16. The number of aromatic nitrogens is 1. The summed E-state index contributed by atoms with van der Waals surface area (Å²) in [6, 6.07) is 18.3. The molecule has 0 spiro atoms. The van der Waals surface area contributed by atoms with Crippen LogP contribution in [0.2, 0.25) is 5.02 Å². The number of pyridine rings is 1. The Morgan fingerprint density at radius 2 is 1.97 bits per heavy atom. The monoisotopic (exact) mass is 503 g/mol. The summed E-state index contributed by atoms with van der Waals surface area (Å²) in [7, 11) is 0. The van der Waals surface area contributed by atoms with Crippen molar-refractivity contribution in [2.75, 3.05) is 44.4 Å². The molecule has 9 heteroatoms. The molecule has 1 aliphatic rings. The van der Waals surface area contributed by atoms with Crippen LogP contribution >= 0.6 is 11.6 Å². The molecule has 2 atom stereocenters. The number of hydrogen-bond donors (Lipinski definition) is 2. The SMILES string of the molecule is [C-]#[N+]c1ccc([C@H](CO)N2CCN(c3ccc(OCCO)cc3C#N)[C@H](c3ccc(Cl)cc3)C2)nc1. The van der Waals surface area contributed by atoms with Crippen molar-refractivity contribution < 1.29 is 14.9 Å². The molecular weight excluding hydrogens is 478 g/mol. The molecule has 0 amide bonds. The summed E-state index contributed by atoms with van der Waals surface area (Å²) in [5, 5.41) is 29.8. The lowest BCUT2D eigenvalue weighted by atomic mass is 9.98. The van der Waals surface area contributed by atoms with Crippen molar-refractivity contribution in [2.24, 2.45) is 0 Å². The molecule has 2 N–H and O–H groups in total. The number of aliphatic hydroxyl groups excluding tert-OH is 2. The van der Waals surface area contributed by atoms with Crippen LogP contribution in [0.15, 0.2) is 60.8 Å². The highest BCUT2D eigenvalue weighted by Crippen LogP contribution is 2.37. The minimum Gasteiger partial charge on any atom is -0.491 e. The van der Waals surface area contributed by atoms with Crippen molar-refractivity contribution >= 4 is 23.0 Å². The molecule has 8 nitrogen and oxygen atoms in total. The molecular formula is C27H26ClN5O3. The van der Waals surface area contributed by atoms with E-state index in [9.17, 15) is 10.4 Å². The smallest absolute Gasteiger partial charge is 0.205 e. The molecule has 0 bridgehead atoms. The minimum absolute atomic E-state index is 0.105. The van der Waals surface area contributed by atoms with Gasteiger partial charge in [0.25, 0.3) is 0 Å². The summed E-state index contributed by atoms with van der Waals surface area (Å²) in [5.74, 6) is 0.528. The van der Waals surface area contributed by atoms with E-state index in [4.69, 9.17) is 28.0 Å². The number of hydrogen-bond acceptors (Lipinski definition) is 7. The van der Waals surface area contributed by atoms with Crippen LogP contribution in [-0.2, 0) is 0 Å².